The predicted molar refractivity (Wildman–Crippen MR) is 67.7 cm³/mol. The number of ether oxygens (including phenoxy) is 4. The minimum absolute atomic E-state index is 0.0950. The van der Waals surface area contributed by atoms with E-state index in [2.05, 4.69) is 0 Å². The van der Waals surface area contributed by atoms with Crippen LogP contribution in [0.1, 0.15) is 0 Å². The molecular weight excluding hydrogens is 270 g/mol. The molecule has 0 saturated carbocycles. The average Bonchev–Trinajstić information content (AvgIpc) is 2.39. The van der Waals surface area contributed by atoms with Crippen molar-refractivity contribution in [2.75, 3.05) is 27.4 Å². The minimum Gasteiger partial charge on any atom is -0.426 e. The van der Waals surface area contributed by atoms with Gasteiger partial charge in [-0.2, -0.15) is 0 Å². The van der Waals surface area contributed by atoms with Crippen LogP contribution in [0, 0.1) is 10.1 Å². The summed E-state index contributed by atoms with van der Waals surface area (Å²) in [5.41, 5.74) is -0.0950. The number of methoxy groups -OCH3 is 2. The maximum Gasteiger partial charge on any atom is 0.514 e. The van der Waals surface area contributed by atoms with Gasteiger partial charge in [-0.05, 0) is 12.1 Å². The monoisotopic (exact) mass is 285 g/mol. The molecule has 0 unspecified atom stereocenters. The molecule has 0 aromatic heterocycles. The molecular formula is C12H15NO7. The molecule has 0 radical (unpaired) electrons. The highest BCUT2D eigenvalue weighted by Gasteiger charge is 2.16. The molecule has 110 valence electrons. The first-order valence-corrected chi connectivity index (χ1v) is 5.67. The number of nitrogens with zero attached hydrogens (tertiary/aromatic N) is 1. The molecule has 1 aromatic rings. The Morgan fingerprint density at radius 2 is 1.75 bits per heavy atom. The number of nitro benzene ring substituents is 1. The highest BCUT2D eigenvalue weighted by molar-refractivity contribution is 5.64. The molecule has 0 aliphatic rings. The number of hydrogen-bond acceptors (Lipinski definition) is 7. The van der Waals surface area contributed by atoms with Crippen LogP contribution in [0.5, 0.6) is 5.75 Å². The maximum atomic E-state index is 11.5. The van der Waals surface area contributed by atoms with Crippen LogP contribution in [0.3, 0.4) is 0 Å². The third-order valence-electron chi connectivity index (χ3n) is 2.22. The molecule has 0 amide bonds. The largest absolute Gasteiger partial charge is 0.514 e. The van der Waals surface area contributed by atoms with Crippen LogP contribution in [0.4, 0.5) is 10.5 Å². The number of rotatable bonds is 7. The zero-order valence-corrected chi connectivity index (χ0v) is 11.1. The summed E-state index contributed by atoms with van der Waals surface area (Å²) < 4.78 is 19.6. The molecule has 8 heteroatoms. The van der Waals surface area contributed by atoms with Crippen LogP contribution in [0.25, 0.3) is 0 Å². The van der Waals surface area contributed by atoms with Gasteiger partial charge in [-0.25, -0.2) is 4.79 Å². The SMILES string of the molecule is COCC(COC)OC(=O)Oc1ccc([N+](=O)[O-])cc1. The molecule has 0 fully saturated rings. The van der Waals surface area contributed by atoms with Gasteiger partial charge in [-0.3, -0.25) is 10.1 Å². The van der Waals surface area contributed by atoms with E-state index in [1.807, 2.05) is 0 Å². The highest BCUT2D eigenvalue weighted by Crippen LogP contribution is 2.17. The zero-order chi connectivity index (χ0) is 15.0. The predicted octanol–water partition coefficient (Wildman–Crippen LogP) is 1.77. The van der Waals surface area contributed by atoms with E-state index in [4.69, 9.17) is 18.9 Å². The fraction of sp³-hybridized carbons (Fsp3) is 0.417. The Labute approximate surface area is 115 Å². The molecule has 0 saturated heterocycles. The van der Waals surface area contributed by atoms with Crippen molar-refractivity contribution in [3.8, 4) is 5.75 Å². The molecule has 8 nitrogen and oxygen atoms in total. The van der Waals surface area contributed by atoms with E-state index in [1.54, 1.807) is 0 Å². The van der Waals surface area contributed by atoms with E-state index in [-0.39, 0.29) is 24.7 Å². The van der Waals surface area contributed by atoms with Crippen molar-refractivity contribution >= 4 is 11.8 Å². The standard InChI is InChI=1S/C12H15NO7/c1-17-7-11(8-18-2)20-12(14)19-10-5-3-9(4-6-10)13(15)16/h3-6,11H,7-8H2,1-2H3. The Balaban J connectivity index is 2.54. The molecule has 0 aliphatic carbocycles. The summed E-state index contributed by atoms with van der Waals surface area (Å²) in [4.78, 5) is 21.4. The van der Waals surface area contributed by atoms with Crippen LogP contribution >= 0.6 is 0 Å². The van der Waals surface area contributed by atoms with Crippen molar-refractivity contribution in [1.82, 2.24) is 0 Å². The second-order valence-corrected chi connectivity index (χ2v) is 3.75. The van der Waals surface area contributed by atoms with Gasteiger partial charge in [0.1, 0.15) is 5.75 Å². The second-order valence-electron chi connectivity index (χ2n) is 3.75. The molecule has 20 heavy (non-hydrogen) atoms. The van der Waals surface area contributed by atoms with E-state index in [9.17, 15) is 14.9 Å². The van der Waals surface area contributed by atoms with Crippen molar-refractivity contribution in [1.29, 1.82) is 0 Å². The molecule has 0 spiro atoms. The molecule has 0 N–H and O–H groups in total. The first-order chi connectivity index (χ1) is 9.56. The molecule has 1 aromatic carbocycles. The molecule has 1 rings (SSSR count). The van der Waals surface area contributed by atoms with E-state index in [0.29, 0.717) is 0 Å². The minimum atomic E-state index is -0.932. The summed E-state index contributed by atoms with van der Waals surface area (Å²) in [5, 5.41) is 10.5. The summed E-state index contributed by atoms with van der Waals surface area (Å²) in [5.74, 6) is 0.147. The van der Waals surface area contributed by atoms with Crippen molar-refractivity contribution in [2.24, 2.45) is 0 Å². The van der Waals surface area contributed by atoms with Crippen molar-refractivity contribution in [3.05, 3.63) is 34.4 Å². The van der Waals surface area contributed by atoms with Gasteiger partial charge in [-0.15, -0.1) is 0 Å². The summed E-state index contributed by atoms with van der Waals surface area (Å²) >= 11 is 0. The highest BCUT2D eigenvalue weighted by atomic mass is 16.7. The van der Waals surface area contributed by atoms with E-state index in [1.165, 1.54) is 38.5 Å². The smallest absolute Gasteiger partial charge is 0.426 e. The van der Waals surface area contributed by atoms with Gasteiger partial charge in [0.2, 0.25) is 0 Å². The van der Waals surface area contributed by atoms with E-state index >= 15 is 0 Å². The van der Waals surface area contributed by atoms with Gasteiger partial charge in [-0.1, -0.05) is 0 Å². The number of carbonyl (C=O) groups excluding carboxylic acids is 1. The van der Waals surface area contributed by atoms with Crippen molar-refractivity contribution in [3.63, 3.8) is 0 Å². The number of hydrogen-bond donors (Lipinski definition) is 0. The van der Waals surface area contributed by atoms with Gasteiger partial charge >= 0.3 is 6.16 Å². The van der Waals surface area contributed by atoms with Crippen LogP contribution < -0.4 is 4.74 Å². The summed E-state index contributed by atoms with van der Waals surface area (Å²) in [6, 6.07) is 5.07. The maximum absolute atomic E-state index is 11.5. The number of benzene rings is 1. The molecule has 0 atom stereocenters. The quantitative estimate of drug-likeness (QED) is 0.326. The lowest BCUT2D eigenvalue weighted by molar-refractivity contribution is -0.384. The number of carbonyl (C=O) groups is 1. The Morgan fingerprint density at radius 3 is 2.20 bits per heavy atom. The van der Waals surface area contributed by atoms with Gasteiger partial charge in [0.25, 0.3) is 5.69 Å². The van der Waals surface area contributed by atoms with Crippen molar-refractivity contribution in [2.45, 2.75) is 6.10 Å². The Hall–Kier alpha value is -2.19. The Kier molecular flexibility index (Phi) is 6.41. The molecule has 0 aliphatic heterocycles. The Bertz CT molecular complexity index is 440. The van der Waals surface area contributed by atoms with Crippen LogP contribution in [0.15, 0.2) is 24.3 Å². The second kappa shape index (κ2) is 8.08. The third-order valence-corrected chi connectivity index (χ3v) is 2.22. The van der Waals surface area contributed by atoms with Gasteiger partial charge < -0.3 is 18.9 Å². The summed E-state index contributed by atoms with van der Waals surface area (Å²) in [6.07, 6.45) is -1.52. The fourth-order valence-electron chi connectivity index (χ4n) is 1.38. The normalized spacial score (nSPS) is 10.3. The lowest BCUT2D eigenvalue weighted by atomic mass is 10.3. The van der Waals surface area contributed by atoms with E-state index in [0.717, 1.165) is 0 Å². The fourth-order valence-corrected chi connectivity index (χ4v) is 1.38. The number of nitro groups is 1. The van der Waals surface area contributed by atoms with Crippen LogP contribution in [-0.4, -0.2) is 44.6 Å². The van der Waals surface area contributed by atoms with E-state index < -0.39 is 17.2 Å². The van der Waals surface area contributed by atoms with Gasteiger partial charge in [0.05, 0.1) is 18.1 Å². The van der Waals surface area contributed by atoms with Crippen molar-refractivity contribution < 1.29 is 28.7 Å². The average molecular weight is 285 g/mol. The molecule has 0 heterocycles. The first-order valence-electron chi connectivity index (χ1n) is 5.67. The Morgan fingerprint density at radius 1 is 1.20 bits per heavy atom. The number of non-ortho nitro benzene ring substituents is 1. The lowest BCUT2D eigenvalue weighted by Gasteiger charge is -2.15. The molecule has 0 bridgehead atoms. The lowest BCUT2D eigenvalue weighted by Crippen LogP contribution is -2.29. The summed E-state index contributed by atoms with van der Waals surface area (Å²) in [7, 11) is 2.93. The van der Waals surface area contributed by atoms with Gasteiger partial charge in [0, 0.05) is 26.4 Å². The van der Waals surface area contributed by atoms with Crippen LogP contribution in [0.2, 0.25) is 0 Å². The third kappa shape index (κ3) is 5.21. The van der Waals surface area contributed by atoms with Gasteiger partial charge in [0.15, 0.2) is 6.10 Å². The summed E-state index contributed by atoms with van der Waals surface area (Å²) in [6.45, 7) is 0.340. The topological polar surface area (TPSA) is 97.1 Å². The first kappa shape index (κ1) is 15.9. The van der Waals surface area contributed by atoms with Crippen LogP contribution in [-0.2, 0) is 14.2 Å². The zero-order valence-electron chi connectivity index (χ0n) is 11.1.